The van der Waals surface area contributed by atoms with Crippen LogP contribution in [0.5, 0.6) is 0 Å². The molecule has 2 rings (SSSR count). The molecule has 0 aliphatic carbocycles. The highest BCUT2D eigenvalue weighted by atomic mass is 16.3. The van der Waals surface area contributed by atoms with Crippen molar-refractivity contribution in [3.63, 3.8) is 0 Å². The SMILES string of the molecule is Cc1cn2nc(CO)cc2c(=O)[nH]1. The molecule has 2 aromatic heterocycles. The summed E-state index contributed by atoms with van der Waals surface area (Å²) in [4.78, 5) is 14.0. The van der Waals surface area contributed by atoms with E-state index in [1.165, 1.54) is 4.52 Å². The van der Waals surface area contributed by atoms with Crippen LogP contribution in [0.15, 0.2) is 17.1 Å². The fraction of sp³-hybridized carbons (Fsp3) is 0.250. The van der Waals surface area contributed by atoms with Crippen molar-refractivity contribution in [2.75, 3.05) is 0 Å². The van der Waals surface area contributed by atoms with Gasteiger partial charge in [0.15, 0.2) is 0 Å². The molecule has 0 amide bonds. The van der Waals surface area contributed by atoms with Gasteiger partial charge in [0.05, 0.1) is 12.3 Å². The zero-order valence-electron chi connectivity index (χ0n) is 7.11. The predicted octanol–water partition coefficient (Wildman–Crippen LogP) is -0.177. The minimum atomic E-state index is -0.188. The topological polar surface area (TPSA) is 70.4 Å². The number of H-pyrrole nitrogens is 1. The van der Waals surface area contributed by atoms with Crippen molar-refractivity contribution >= 4 is 5.52 Å². The normalized spacial score (nSPS) is 10.9. The minimum Gasteiger partial charge on any atom is -0.390 e. The molecule has 0 bridgehead atoms. The summed E-state index contributed by atoms with van der Waals surface area (Å²) < 4.78 is 1.47. The molecule has 13 heavy (non-hydrogen) atoms. The summed E-state index contributed by atoms with van der Waals surface area (Å²) in [5, 5.41) is 12.8. The summed E-state index contributed by atoms with van der Waals surface area (Å²) in [5.41, 5.74) is 1.50. The number of aliphatic hydroxyl groups excluding tert-OH is 1. The maximum atomic E-state index is 11.3. The monoisotopic (exact) mass is 179 g/mol. The highest BCUT2D eigenvalue weighted by Crippen LogP contribution is 2.01. The second-order valence-electron chi connectivity index (χ2n) is 2.89. The quantitative estimate of drug-likeness (QED) is 0.638. The first-order valence-electron chi connectivity index (χ1n) is 3.90. The van der Waals surface area contributed by atoms with Crippen LogP contribution in [-0.4, -0.2) is 19.7 Å². The Kier molecular flexibility index (Phi) is 1.66. The van der Waals surface area contributed by atoms with Crippen LogP contribution in [0.3, 0.4) is 0 Å². The lowest BCUT2D eigenvalue weighted by molar-refractivity contribution is 0.276. The maximum Gasteiger partial charge on any atom is 0.274 e. The summed E-state index contributed by atoms with van der Waals surface area (Å²) in [6.45, 7) is 1.63. The molecule has 5 heteroatoms. The van der Waals surface area contributed by atoms with Crippen LogP contribution in [0.2, 0.25) is 0 Å². The Morgan fingerprint density at radius 3 is 3.15 bits per heavy atom. The molecular formula is C8H9N3O2. The second-order valence-corrected chi connectivity index (χ2v) is 2.89. The highest BCUT2D eigenvalue weighted by Gasteiger charge is 2.03. The van der Waals surface area contributed by atoms with Crippen molar-refractivity contribution in [1.29, 1.82) is 0 Å². The lowest BCUT2D eigenvalue weighted by Gasteiger charge is -1.93. The summed E-state index contributed by atoms with van der Waals surface area (Å²) in [7, 11) is 0. The van der Waals surface area contributed by atoms with Gasteiger partial charge in [0.1, 0.15) is 5.52 Å². The third-order valence-corrected chi connectivity index (χ3v) is 1.81. The van der Waals surface area contributed by atoms with E-state index in [1.54, 1.807) is 19.2 Å². The van der Waals surface area contributed by atoms with Gasteiger partial charge in [0, 0.05) is 11.9 Å². The Morgan fingerprint density at radius 1 is 1.69 bits per heavy atom. The van der Waals surface area contributed by atoms with Crippen LogP contribution in [0, 0.1) is 6.92 Å². The van der Waals surface area contributed by atoms with Crippen LogP contribution in [0.25, 0.3) is 5.52 Å². The van der Waals surface area contributed by atoms with Crippen LogP contribution in [0.1, 0.15) is 11.4 Å². The minimum absolute atomic E-state index is 0.153. The Bertz CT molecular complexity index is 498. The van der Waals surface area contributed by atoms with Crippen molar-refractivity contribution in [2.24, 2.45) is 0 Å². The molecule has 2 N–H and O–H groups in total. The number of aromatic amines is 1. The number of hydrogen-bond acceptors (Lipinski definition) is 3. The van der Waals surface area contributed by atoms with Gasteiger partial charge >= 0.3 is 0 Å². The Labute approximate surface area is 73.6 Å². The zero-order chi connectivity index (χ0) is 9.42. The molecule has 0 aromatic carbocycles. The first kappa shape index (κ1) is 8.00. The molecule has 0 fully saturated rings. The number of hydrogen-bond donors (Lipinski definition) is 2. The predicted molar refractivity (Wildman–Crippen MR) is 46.5 cm³/mol. The van der Waals surface area contributed by atoms with E-state index in [0.717, 1.165) is 5.69 Å². The Morgan fingerprint density at radius 2 is 2.46 bits per heavy atom. The van der Waals surface area contributed by atoms with E-state index in [9.17, 15) is 4.79 Å². The highest BCUT2D eigenvalue weighted by molar-refractivity contribution is 5.45. The van der Waals surface area contributed by atoms with Crippen molar-refractivity contribution in [2.45, 2.75) is 13.5 Å². The van der Waals surface area contributed by atoms with Gasteiger partial charge in [-0.2, -0.15) is 5.10 Å². The van der Waals surface area contributed by atoms with E-state index >= 15 is 0 Å². The molecule has 2 heterocycles. The molecule has 2 aromatic rings. The number of aromatic nitrogens is 3. The molecule has 0 spiro atoms. The summed E-state index contributed by atoms with van der Waals surface area (Å²) >= 11 is 0. The standard InChI is InChI=1S/C8H9N3O2/c1-5-3-11-7(8(13)9-5)2-6(4-12)10-11/h2-3,12H,4H2,1H3,(H,9,13). The van der Waals surface area contributed by atoms with Gasteiger partial charge in [-0.3, -0.25) is 4.79 Å². The van der Waals surface area contributed by atoms with Crippen LogP contribution in [0.4, 0.5) is 0 Å². The average Bonchev–Trinajstić information content (AvgIpc) is 2.47. The van der Waals surface area contributed by atoms with Crippen LogP contribution >= 0.6 is 0 Å². The van der Waals surface area contributed by atoms with Crippen LogP contribution < -0.4 is 5.56 Å². The number of aliphatic hydroxyl groups is 1. The molecule has 0 saturated heterocycles. The molecule has 0 saturated carbocycles. The van der Waals surface area contributed by atoms with Crippen molar-refractivity contribution in [3.05, 3.63) is 34.0 Å². The lowest BCUT2D eigenvalue weighted by atomic mass is 10.4. The molecule has 0 aliphatic rings. The first-order chi connectivity index (χ1) is 6.20. The number of aryl methyl sites for hydroxylation is 1. The van der Waals surface area contributed by atoms with Gasteiger partial charge in [-0.15, -0.1) is 0 Å². The third-order valence-electron chi connectivity index (χ3n) is 1.81. The summed E-state index contributed by atoms with van der Waals surface area (Å²) in [5.74, 6) is 0. The van der Waals surface area contributed by atoms with Crippen molar-refractivity contribution < 1.29 is 5.11 Å². The molecule has 0 aliphatic heterocycles. The molecule has 68 valence electrons. The van der Waals surface area contributed by atoms with E-state index in [4.69, 9.17) is 5.11 Å². The fourth-order valence-corrected chi connectivity index (χ4v) is 1.25. The van der Waals surface area contributed by atoms with Gasteiger partial charge in [-0.1, -0.05) is 0 Å². The van der Waals surface area contributed by atoms with Gasteiger partial charge < -0.3 is 10.1 Å². The number of fused-ring (bicyclic) bond motifs is 1. The van der Waals surface area contributed by atoms with Gasteiger partial charge in [0.25, 0.3) is 5.56 Å². The fourth-order valence-electron chi connectivity index (χ4n) is 1.25. The summed E-state index contributed by atoms with van der Waals surface area (Å²) in [6.07, 6.45) is 1.70. The van der Waals surface area contributed by atoms with E-state index in [-0.39, 0.29) is 12.2 Å². The number of rotatable bonds is 1. The molecule has 0 radical (unpaired) electrons. The van der Waals surface area contributed by atoms with E-state index < -0.39 is 0 Å². The van der Waals surface area contributed by atoms with E-state index in [1.807, 2.05) is 0 Å². The lowest BCUT2D eigenvalue weighted by Crippen LogP contribution is -2.10. The van der Waals surface area contributed by atoms with Crippen LogP contribution in [-0.2, 0) is 6.61 Å². The Balaban J connectivity index is 2.83. The molecule has 0 unspecified atom stereocenters. The molecule has 5 nitrogen and oxygen atoms in total. The number of nitrogens with one attached hydrogen (secondary N) is 1. The van der Waals surface area contributed by atoms with E-state index in [2.05, 4.69) is 10.1 Å². The first-order valence-corrected chi connectivity index (χ1v) is 3.90. The smallest absolute Gasteiger partial charge is 0.274 e. The molecule has 0 atom stereocenters. The molecular weight excluding hydrogens is 170 g/mol. The van der Waals surface area contributed by atoms with Crippen molar-refractivity contribution in [1.82, 2.24) is 14.6 Å². The van der Waals surface area contributed by atoms with Gasteiger partial charge in [-0.25, -0.2) is 4.52 Å². The van der Waals surface area contributed by atoms with Gasteiger partial charge in [0.2, 0.25) is 0 Å². The summed E-state index contributed by atoms with van der Waals surface area (Å²) in [6, 6.07) is 1.57. The largest absolute Gasteiger partial charge is 0.390 e. The number of nitrogens with zero attached hydrogens (tertiary/aromatic N) is 2. The van der Waals surface area contributed by atoms with Gasteiger partial charge in [-0.05, 0) is 13.0 Å². The third kappa shape index (κ3) is 1.23. The zero-order valence-corrected chi connectivity index (χ0v) is 7.11. The van der Waals surface area contributed by atoms with E-state index in [0.29, 0.717) is 11.2 Å². The average molecular weight is 179 g/mol. The Hall–Kier alpha value is -1.62. The van der Waals surface area contributed by atoms with Crippen molar-refractivity contribution in [3.8, 4) is 0 Å². The second kappa shape index (κ2) is 2.70. The maximum absolute atomic E-state index is 11.3.